The molecule has 0 unspecified atom stereocenters. The van der Waals surface area contributed by atoms with E-state index in [1.165, 1.54) is 6.26 Å². The largest absolute Gasteiger partial charge is 0.310 e. The number of carbonyl (C=O) groups excluding carboxylic acids is 1. The summed E-state index contributed by atoms with van der Waals surface area (Å²) < 4.78 is 23.2. The minimum absolute atomic E-state index is 0.274. The number of nitrogens with one attached hydrogen (secondary N) is 1. The zero-order valence-corrected chi connectivity index (χ0v) is 19.7. The van der Waals surface area contributed by atoms with Crippen molar-refractivity contribution in [2.75, 3.05) is 25.9 Å². The molecule has 168 valence electrons. The number of carbonyl (C=O) groups is 1. The summed E-state index contributed by atoms with van der Waals surface area (Å²) in [4.78, 5) is 19.3. The second-order valence-electron chi connectivity index (χ2n) is 9.45. The number of nitrogens with zero attached hydrogens (tertiary/aromatic N) is 2. The molecule has 0 bridgehead atoms. The topological polar surface area (TPSA) is 79.4 Å². The smallest absolute Gasteiger partial charge is 0.175 e. The van der Waals surface area contributed by atoms with Crippen LogP contribution in [0.25, 0.3) is 11.3 Å². The molecule has 0 saturated carbocycles. The van der Waals surface area contributed by atoms with Crippen LogP contribution in [-0.4, -0.2) is 56.0 Å². The Bertz CT molecular complexity index is 986. The lowest BCUT2D eigenvalue weighted by atomic mass is 9.90. The van der Waals surface area contributed by atoms with Gasteiger partial charge in [0, 0.05) is 49.1 Å². The van der Waals surface area contributed by atoms with E-state index in [1.54, 1.807) is 24.3 Å². The fraction of sp³-hybridized carbons (Fsp3) is 0.500. The molecule has 1 aromatic carbocycles. The first-order valence-electron chi connectivity index (χ1n) is 10.8. The lowest BCUT2D eigenvalue weighted by Gasteiger charge is -2.33. The normalized spacial score (nSPS) is 16.4. The second-order valence-corrected chi connectivity index (χ2v) is 11.5. The lowest BCUT2D eigenvalue weighted by Crippen LogP contribution is -2.45. The Kier molecular flexibility index (Phi) is 7.29. The third-order valence-electron chi connectivity index (χ3n) is 5.79. The summed E-state index contributed by atoms with van der Waals surface area (Å²) in [6.45, 7) is 9.13. The maximum atomic E-state index is 12.2. The minimum atomic E-state index is -3.19. The van der Waals surface area contributed by atoms with Crippen molar-refractivity contribution in [1.29, 1.82) is 0 Å². The number of benzene rings is 1. The number of ketones is 1. The molecular formula is C24H33N3O3S. The molecule has 0 atom stereocenters. The van der Waals surface area contributed by atoms with Gasteiger partial charge in [-0.3, -0.25) is 14.7 Å². The molecule has 1 N–H and O–H groups in total. The molecular weight excluding hydrogens is 410 g/mol. The van der Waals surface area contributed by atoms with E-state index in [2.05, 4.69) is 21.3 Å². The van der Waals surface area contributed by atoms with Gasteiger partial charge in [-0.25, -0.2) is 8.42 Å². The number of Topliss-reactive ketones (excluding diaryl/α,β-unsaturated/α-hetero) is 1. The van der Waals surface area contributed by atoms with Crippen LogP contribution in [0.2, 0.25) is 0 Å². The number of piperidine rings is 1. The van der Waals surface area contributed by atoms with E-state index in [0.717, 1.165) is 49.3 Å². The van der Waals surface area contributed by atoms with Crippen LogP contribution in [0.5, 0.6) is 0 Å². The molecule has 1 aliphatic heterocycles. The fourth-order valence-corrected chi connectivity index (χ4v) is 4.20. The van der Waals surface area contributed by atoms with E-state index in [-0.39, 0.29) is 5.41 Å². The third-order valence-corrected chi connectivity index (χ3v) is 6.92. The zero-order valence-electron chi connectivity index (χ0n) is 18.9. The van der Waals surface area contributed by atoms with Gasteiger partial charge in [0.2, 0.25) is 0 Å². The Morgan fingerprint density at radius 2 is 1.74 bits per heavy atom. The Hall–Kier alpha value is -2.09. The van der Waals surface area contributed by atoms with Crippen LogP contribution in [0.1, 0.15) is 39.2 Å². The summed E-state index contributed by atoms with van der Waals surface area (Å²) in [6, 6.07) is 11.3. The molecule has 1 fully saturated rings. The summed E-state index contributed by atoms with van der Waals surface area (Å²) in [7, 11) is -3.19. The number of rotatable bonds is 7. The predicted octanol–water partition coefficient (Wildman–Crippen LogP) is 3.32. The lowest BCUT2D eigenvalue weighted by molar-refractivity contribution is -0.127. The Morgan fingerprint density at radius 1 is 1.10 bits per heavy atom. The van der Waals surface area contributed by atoms with Gasteiger partial charge >= 0.3 is 0 Å². The van der Waals surface area contributed by atoms with Gasteiger partial charge in [0.05, 0.1) is 17.1 Å². The van der Waals surface area contributed by atoms with Crippen molar-refractivity contribution in [2.24, 2.45) is 5.41 Å². The van der Waals surface area contributed by atoms with Crippen LogP contribution < -0.4 is 5.32 Å². The molecule has 0 amide bonds. The average Bonchev–Trinajstić information content (AvgIpc) is 2.72. The van der Waals surface area contributed by atoms with Crippen LogP contribution in [0.4, 0.5) is 0 Å². The van der Waals surface area contributed by atoms with Gasteiger partial charge in [-0.1, -0.05) is 39.0 Å². The highest BCUT2D eigenvalue weighted by molar-refractivity contribution is 7.90. The Morgan fingerprint density at radius 3 is 2.26 bits per heavy atom. The van der Waals surface area contributed by atoms with Crippen LogP contribution in [0.15, 0.2) is 47.5 Å². The minimum Gasteiger partial charge on any atom is -0.310 e. The van der Waals surface area contributed by atoms with Gasteiger partial charge in [0.15, 0.2) is 15.6 Å². The van der Waals surface area contributed by atoms with Gasteiger partial charge in [-0.15, -0.1) is 0 Å². The van der Waals surface area contributed by atoms with E-state index in [0.29, 0.717) is 23.3 Å². The van der Waals surface area contributed by atoms with Gasteiger partial charge in [0.1, 0.15) is 0 Å². The van der Waals surface area contributed by atoms with Crippen molar-refractivity contribution in [3.63, 3.8) is 0 Å². The first kappa shape index (κ1) is 23.6. The number of hydrogen-bond donors (Lipinski definition) is 1. The highest BCUT2D eigenvalue weighted by Crippen LogP contribution is 2.20. The highest BCUT2D eigenvalue weighted by Gasteiger charge is 2.26. The van der Waals surface area contributed by atoms with Gasteiger partial charge in [-0.05, 0) is 36.6 Å². The summed E-state index contributed by atoms with van der Waals surface area (Å²) in [6.07, 6.45) is 5.15. The van der Waals surface area contributed by atoms with E-state index in [4.69, 9.17) is 0 Å². The van der Waals surface area contributed by atoms with Crippen molar-refractivity contribution in [1.82, 2.24) is 15.2 Å². The highest BCUT2D eigenvalue weighted by atomic mass is 32.2. The van der Waals surface area contributed by atoms with Crippen molar-refractivity contribution < 1.29 is 13.2 Å². The molecule has 6 nitrogen and oxygen atoms in total. The van der Waals surface area contributed by atoms with E-state index < -0.39 is 9.84 Å². The molecule has 2 aromatic rings. The fourth-order valence-electron chi connectivity index (χ4n) is 3.57. The van der Waals surface area contributed by atoms with Crippen LogP contribution in [0.3, 0.4) is 0 Å². The number of pyridine rings is 1. The third kappa shape index (κ3) is 6.69. The van der Waals surface area contributed by atoms with E-state index in [9.17, 15) is 13.2 Å². The molecule has 0 spiro atoms. The molecule has 2 heterocycles. The van der Waals surface area contributed by atoms with Crippen molar-refractivity contribution in [2.45, 2.75) is 51.1 Å². The second kappa shape index (κ2) is 9.59. The van der Waals surface area contributed by atoms with Crippen LogP contribution in [0, 0.1) is 5.41 Å². The van der Waals surface area contributed by atoms with Crippen LogP contribution in [-0.2, 0) is 21.2 Å². The van der Waals surface area contributed by atoms with Gasteiger partial charge in [-0.2, -0.15) is 0 Å². The molecule has 7 heteroatoms. The quantitative estimate of drug-likeness (QED) is 0.707. The molecule has 0 aliphatic carbocycles. The standard InChI is InChI=1S/C24H33N3O3S/c1-24(2,3)23(28)17-27-13-11-20(12-14-27)25-15-18-5-10-22(26-16-18)19-6-8-21(9-7-19)31(4,29)30/h5-10,16,20,25H,11-15,17H2,1-4H3. The first-order valence-corrected chi connectivity index (χ1v) is 12.7. The summed E-state index contributed by atoms with van der Waals surface area (Å²) >= 11 is 0. The van der Waals surface area contributed by atoms with E-state index >= 15 is 0 Å². The number of aromatic nitrogens is 1. The number of likely N-dealkylation sites (tertiary alicyclic amines) is 1. The van der Waals surface area contributed by atoms with E-state index in [1.807, 2.05) is 33.0 Å². The first-order chi connectivity index (χ1) is 14.5. The maximum Gasteiger partial charge on any atom is 0.175 e. The molecule has 1 aromatic heterocycles. The van der Waals surface area contributed by atoms with Gasteiger partial charge in [0.25, 0.3) is 0 Å². The molecule has 0 radical (unpaired) electrons. The van der Waals surface area contributed by atoms with Gasteiger partial charge < -0.3 is 5.32 Å². The SMILES string of the molecule is CC(C)(C)C(=O)CN1CCC(NCc2ccc(-c3ccc(S(C)(=O)=O)cc3)nc2)CC1. The van der Waals surface area contributed by atoms with Crippen molar-refractivity contribution in [3.8, 4) is 11.3 Å². The number of hydrogen-bond acceptors (Lipinski definition) is 6. The Balaban J connectivity index is 1.47. The van der Waals surface area contributed by atoms with Crippen LogP contribution >= 0.6 is 0 Å². The van der Waals surface area contributed by atoms with Crippen molar-refractivity contribution >= 4 is 15.6 Å². The molecule has 1 saturated heterocycles. The zero-order chi connectivity index (χ0) is 22.6. The summed E-state index contributed by atoms with van der Waals surface area (Å²) in [5.41, 5.74) is 2.55. The van der Waals surface area contributed by atoms with Crippen molar-refractivity contribution in [3.05, 3.63) is 48.2 Å². The molecule has 31 heavy (non-hydrogen) atoms. The molecule has 3 rings (SSSR count). The monoisotopic (exact) mass is 443 g/mol. The summed E-state index contributed by atoms with van der Waals surface area (Å²) in [5.74, 6) is 0.302. The average molecular weight is 444 g/mol. The predicted molar refractivity (Wildman–Crippen MR) is 124 cm³/mol. The summed E-state index contributed by atoms with van der Waals surface area (Å²) in [5, 5.41) is 3.61. The molecule has 1 aliphatic rings. The number of sulfone groups is 1. The maximum absolute atomic E-state index is 12.2. The Labute approximate surface area is 186 Å².